The summed E-state index contributed by atoms with van der Waals surface area (Å²) >= 11 is 1.16. The number of anilines is 1. The zero-order valence-corrected chi connectivity index (χ0v) is 13.2. The molecule has 0 aliphatic heterocycles. The number of carbonyl (C=O) groups excluding carboxylic acids is 2. The highest BCUT2D eigenvalue weighted by Crippen LogP contribution is 2.14. The fraction of sp³-hybridized carbons (Fsp3) is 0.667. The van der Waals surface area contributed by atoms with E-state index in [9.17, 15) is 9.59 Å². The summed E-state index contributed by atoms with van der Waals surface area (Å²) in [4.78, 5) is 23.8. The van der Waals surface area contributed by atoms with E-state index < -0.39 is 11.9 Å². The van der Waals surface area contributed by atoms with Crippen molar-refractivity contribution in [1.82, 2.24) is 20.8 Å². The van der Waals surface area contributed by atoms with Crippen LogP contribution in [0.5, 0.6) is 0 Å². The van der Waals surface area contributed by atoms with Gasteiger partial charge in [0.1, 0.15) is 6.04 Å². The number of aromatic nitrogens is 2. The van der Waals surface area contributed by atoms with Gasteiger partial charge in [-0.1, -0.05) is 11.3 Å². The molecule has 1 unspecified atom stereocenters. The average Bonchev–Trinajstić information content (AvgIpc) is 2.75. The second kappa shape index (κ2) is 6.65. The van der Waals surface area contributed by atoms with E-state index in [1.165, 1.54) is 0 Å². The highest BCUT2D eigenvalue weighted by molar-refractivity contribution is 7.17. The summed E-state index contributed by atoms with van der Waals surface area (Å²) in [6.07, 6.45) is 0. The van der Waals surface area contributed by atoms with Crippen molar-refractivity contribution < 1.29 is 9.59 Å². The van der Waals surface area contributed by atoms with Gasteiger partial charge in [0, 0.05) is 12.1 Å². The van der Waals surface area contributed by atoms with Gasteiger partial charge in [-0.15, -0.1) is 10.2 Å². The lowest BCUT2D eigenvalue weighted by molar-refractivity contribution is -0.124. The quantitative estimate of drug-likeness (QED) is 0.754. The molecule has 1 atom stereocenters. The standard InChI is InChI=1S/C12H21N5O2S/c1-6-13-11-17-16-10(20-11)9(19)14-7(2)8(18)15-12(3,4)5/h7H,6H2,1-5H3,(H,13,17)(H,14,19)(H,15,18). The van der Waals surface area contributed by atoms with Crippen molar-refractivity contribution in [1.29, 1.82) is 0 Å². The van der Waals surface area contributed by atoms with Gasteiger partial charge < -0.3 is 16.0 Å². The first kappa shape index (κ1) is 16.4. The van der Waals surface area contributed by atoms with Crippen molar-refractivity contribution in [2.24, 2.45) is 0 Å². The lowest BCUT2D eigenvalue weighted by atomic mass is 10.1. The van der Waals surface area contributed by atoms with E-state index in [0.717, 1.165) is 11.3 Å². The average molecular weight is 299 g/mol. The largest absolute Gasteiger partial charge is 0.360 e. The van der Waals surface area contributed by atoms with Crippen LogP contribution in [0.2, 0.25) is 0 Å². The van der Waals surface area contributed by atoms with Crippen LogP contribution in [0.4, 0.5) is 5.13 Å². The van der Waals surface area contributed by atoms with Gasteiger partial charge in [0.05, 0.1) is 0 Å². The van der Waals surface area contributed by atoms with E-state index in [4.69, 9.17) is 0 Å². The van der Waals surface area contributed by atoms with Gasteiger partial charge in [-0.3, -0.25) is 9.59 Å². The number of carbonyl (C=O) groups is 2. The van der Waals surface area contributed by atoms with Crippen molar-refractivity contribution in [3.8, 4) is 0 Å². The van der Waals surface area contributed by atoms with Crippen LogP contribution >= 0.6 is 11.3 Å². The lowest BCUT2D eigenvalue weighted by Gasteiger charge is -2.23. The molecule has 112 valence electrons. The Bertz CT molecular complexity index is 480. The third kappa shape index (κ3) is 5.12. The summed E-state index contributed by atoms with van der Waals surface area (Å²) in [5.74, 6) is -0.634. The Kier molecular flexibility index (Phi) is 5.43. The van der Waals surface area contributed by atoms with E-state index in [1.807, 2.05) is 27.7 Å². The molecule has 0 bridgehead atoms. The molecule has 1 aromatic heterocycles. The molecule has 8 heteroatoms. The predicted molar refractivity (Wildman–Crippen MR) is 78.9 cm³/mol. The van der Waals surface area contributed by atoms with E-state index >= 15 is 0 Å². The highest BCUT2D eigenvalue weighted by atomic mass is 32.1. The zero-order valence-electron chi connectivity index (χ0n) is 12.4. The number of nitrogens with zero attached hydrogens (tertiary/aromatic N) is 2. The minimum absolute atomic E-state index is 0.233. The van der Waals surface area contributed by atoms with Crippen molar-refractivity contribution in [3.63, 3.8) is 0 Å². The summed E-state index contributed by atoms with van der Waals surface area (Å²) < 4.78 is 0. The molecule has 3 N–H and O–H groups in total. The maximum Gasteiger partial charge on any atom is 0.282 e. The number of nitrogens with one attached hydrogen (secondary N) is 3. The molecule has 0 aromatic carbocycles. The Balaban J connectivity index is 2.58. The SMILES string of the molecule is CCNc1nnc(C(=O)NC(C)C(=O)NC(C)(C)C)s1. The summed E-state index contributed by atoms with van der Waals surface area (Å²) in [7, 11) is 0. The number of amides is 2. The molecular weight excluding hydrogens is 278 g/mol. The third-order valence-electron chi connectivity index (χ3n) is 2.19. The Hall–Kier alpha value is -1.70. The molecular formula is C12H21N5O2S. The first-order valence-electron chi connectivity index (χ1n) is 6.43. The van der Waals surface area contributed by atoms with Crippen LogP contribution < -0.4 is 16.0 Å². The molecule has 7 nitrogen and oxygen atoms in total. The van der Waals surface area contributed by atoms with Crippen LogP contribution in [-0.2, 0) is 4.79 Å². The van der Waals surface area contributed by atoms with Crippen LogP contribution in [0.3, 0.4) is 0 Å². The van der Waals surface area contributed by atoms with Gasteiger partial charge >= 0.3 is 0 Å². The van der Waals surface area contributed by atoms with Crippen molar-refractivity contribution in [3.05, 3.63) is 5.01 Å². The van der Waals surface area contributed by atoms with Gasteiger partial charge in [0.15, 0.2) is 0 Å². The molecule has 0 spiro atoms. The van der Waals surface area contributed by atoms with Crippen LogP contribution in [-0.4, -0.2) is 40.1 Å². The second-order valence-corrected chi connectivity index (χ2v) is 6.35. The summed E-state index contributed by atoms with van der Waals surface area (Å²) in [5.41, 5.74) is -0.336. The Morgan fingerprint density at radius 1 is 1.30 bits per heavy atom. The molecule has 0 saturated heterocycles. The van der Waals surface area contributed by atoms with E-state index in [0.29, 0.717) is 11.7 Å². The Morgan fingerprint density at radius 3 is 2.50 bits per heavy atom. The van der Waals surface area contributed by atoms with Crippen LogP contribution in [0.15, 0.2) is 0 Å². The summed E-state index contributed by atoms with van der Waals surface area (Å²) in [6, 6.07) is -0.631. The molecule has 0 aliphatic carbocycles. The smallest absolute Gasteiger partial charge is 0.282 e. The first-order valence-corrected chi connectivity index (χ1v) is 7.25. The van der Waals surface area contributed by atoms with Gasteiger partial charge in [-0.2, -0.15) is 0 Å². The minimum Gasteiger partial charge on any atom is -0.360 e. The number of hydrogen-bond acceptors (Lipinski definition) is 6. The molecule has 20 heavy (non-hydrogen) atoms. The third-order valence-corrected chi connectivity index (χ3v) is 3.07. The van der Waals surface area contributed by atoms with Crippen molar-refractivity contribution >= 4 is 28.3 Å². The topological polar surface area (TPSA) is 96.0 Å². The molecule has 0 saturated carbocycles. The summed E-state index contributed by atoms with van der Waals surface area (Å²) in [6.45, 7) is 9.92. The maximum absolute atomic E-state index is 11.9. The van der Waals surface area contributed by atoms with Crippen molar-refractivity contribution in [2.75, 3.05) is 11.9 Å². The van der Waals surface area contributed by atoms with E-state index in [2.05, 4.69) is 26.1 Å². The highest BCUT2D eigenvalue weighted by Gasteiger charge is 2.22. The fourth-order valence-corrected chi connectivity index (χ4v) is 2.05. The van der Waals surface area contributed by atoms with E-state index in [1.54, 1.807) is 6.92 Å². The second-order valence-electron chi connectivity index (χ2n) is 5.38. The first-order chi connectivity index (χ1) is 9.23. The molecule has 1 heterocycles. The Morgan fingerprint density at radius 2 is 1.95 bits per heavy atom. The normalized spacial score (nSPS) is 12.7. The monoisotopic (exact) mass is 299 g/mol. The molecule has 0 aliphatic rings. The maximum atomic E-state index is 11.9. The predicted octanol–water partition coefficient (Wildman–Crippen LogP) is 1.00. The summed E-state index contributed by atoms with van der Waals surface area (Å²) in [5, 5.41) is 16.8. The van der Waals surface area contributed by atoms with Crippen LogP contribution in [0.1, 0.15) is 44.4 Å². The molecule has 1 rings (SSSR count). The van der Waals surface area contributed by atoms with Crippen LogP contribution in [0, 0.1) is 0 Å². The lowest BCUT2D eigenvalue weighted by Crippen LogP contribution is -2.50. The van der Waals surface area contributed by atoms with E-state index in [-0.39, 0.29) is 16.5 Å². The van der Waals surface area contributed by atoms with Crippen LogP contribution in [0.25, 0.3) is 0 Å². The van der Waals surface area contributed by atoms with Gasteiger partial charge in [-0.05, 0) is 34.6 Å². The molecule has 0 radical (unpaired) electrons. The molecule has 2 amide bonds. The van der Waals surface area contributed by atoms with Gasteiger partial charge in [0.2, 0.25) is 16.0 Å². The zero-order chi connectivity index (χ0) is 15.3. The fourth-order valence-electron chi connectivity index (χ4n) is 1.34. The molecule has 0 fully saturated rings. The number of hydrogen-bond donors (Lipinski definition) is 3. The molecule has 1 aromatic rings. The number of rotatable bonds is 5. The van der Waals surface area contributed by atoms with Gasteiger partial charge in [-0.25, -0.2) is 0 Å². The van der Waals surface area contributed by atoms with Gasteiger partial charge in [0.25, 0.3) is 5.91 Å². The minimum atomic E-state index is -0.631. The Labute approximate surface area is 122 Å². The van der Waals surface area contributed by atoms with Crippen molar-refractivity contribution in [2.45, 2.75) is 46.2 Å².